The molecule has 1 N–H and O–H groups in total. The highest BCUT2D eigenvalue weighted by atomic mass is 16.5. The molecule has 35 heavy (non-hydrogen) atoms. The molecule has 1 fully saturated rings. The Morgan fingerprint density at radius 2 is 1.94 bits per heavy atom. The molecule has 0 atom stereocenters. The smallest absolute Gasteiger partial charge is 0.241 e. The molecule has 186 valence electrons. The minimum atomic E-state index is 0.0693. The number of ether oxygens (including phenoxy) is 1. The third kappa shape index (κ3) is 7.39. The van der Waals surface area contributed by atoms with E-state index in [1.54, 1.807) is 0 Å². The molecule has 0 bridgehead atoms. The second-order valence-corrected chi connectivity index (χ2v) is 9.64. The topological polar surface area (TPSA) is 80.5 Å². The molecule has 1 aromatic heterocycles. The van der Waals surface area contributed by atoms with Gasteiger partial charge in [0.1, 0.15) is 5.75 Å². The van der Waals surface area contributed by atoms with Crippen LogP contribution in [0.4, 0.5) is 0 Å². The number of likely N-dealkylation sites (tertiary alicyclic amines) is 1. The van der Waals surface area contributed by atoms with E-state index in [9.17, 15) is 4.79 Å². The Labute approximate surface area is 207 Å². The summed E-state index contributed by atoms with van der Waals surface area (Å²) in [6, 6.07) is 16.3. The minimum absolute atomic E-state index is 0.0693. The van der Waals surface area contributed by atoms with Gasteiger partial charge in [0.05, 0.1) is 12.6 Å². The number of aryl methyl sites for hydroxylation is 2. The number of nitrogens with one attached hydrogen (secondary N) is 1. The first kappa shape index (κ1) is 24.9. The predicted octanol–water partition coefficient (Wildman–Crippen LogP) is 4.79. The maximum absolute atomic E-state index is 12.6. The zero-order valence-corrected chi connectivity index (χ0v) is 21.0. The van der Waals surface area contributed by atoms with E-state index in [0.717, 1.165) is 50.1 Å². The third-order valence-corrected chi connectivity index (χ3v) is 6.31. The molecule has 7 heteroatoms. The van der Waals surface area contributed by atoms with Crippen LogP contribution >= 0.6 is 0 Å². The number of amides is 1. The van der Waals surface area contributed by atoms with Gasteiger partial charge in [-0.15, -0.1) is 0 Å². The second kappa shape index (κ2) is 12.0. The zero-order valence-electron chi connectivity index (χ0n) is 21.0. The molecule has 0 unspecified atom stereocenters. The highest BCUT2D eigenvalue weighted by Gasteiger charge is 2.25. The number of carbonyl (C=O) groups is 1. The lowest BCUT2D eigenvalue weighted by Gasteiger charge is -2.30. The molecule has 2 aromatic carbocycles. The van der Waals surface area contributed by atoms with E-state index in [4.69, 9.17) is 9.26 Å². The first-order valence-corrected chi connectivity index (χ1v) is 12.6. The molecule has 1 saturated heterocycles. The summed E-state index contributed by atoms with van der Waals surface area (Å²) in [5.74, 6) is 2.38. The molecule has 0 saturated carbocycles. The van der Waals surface area contributed by atoms with Crippen molar-refractivity contribution >= 4 is 5.91 Å². The second-order valence-electron chi connectivity index (χ2n) is 9.64. The molecule has 0 spiro atoms. The van der Waals surface area contributed by atoms with Gasteiger partial charge in [0, 0.05) is 18.0 Å². The van der Waals surface area contributed by atoms with Crippen LogP contribution < -0.4 is 10.1 Å². The van der Waals surface area contributed by atoms with Crippen LogP contribution in [0.5, 0.6) is 5.75 Å². The third-order valence-electron chi connectivity index (χ3n) is 6.31. The van der Waals surface area contributed by atoms with Crippen molar-refractivity contribution in [2.24, 2.45) is 5.92 Å². The zero-order chi connectivity index (χ0) is 24.6. The Hall–Kier alpha value is -3.19. The fraction of sp³-hybridized carbons (Fsp3) is 0.464. The summed E-state index contributed by atoms with van der Waals surface area (Å²) in [5, 5.41) is 7.25. The maximum Gasteiger partial charge on any atom is 0.241 e. The minimum Gasteiger partial charge on any atom is -0.491 e. The van der Waals surface area contributed by atoms with Crippen molar-refractivity contribution in [2.45, 2.75) is 59.1 Å². The molecule has 3 aromatic rings. The van der Waals surface area contributed by atoms with Crippen molar-refractivity contribution in [3.8, 4) is 17.1 Å². The van der Waals surface area contributed by atoms with Crippen LogP contribution in [0.2, 0.25) is 0 Å². The van der Waals surface area contributed by atoms with Gasteiger partial charge >= 0.3 is 0 Å². The Kier molecular flexibility index (Phi) is 8.53. The van der Waals surface area contributed by atoms with E-state index in [2.05, 4.69) is 39.4 Å². The van der Waals surface area contributed by atoms with Crippen LogP contribution in [-0.2, 0) is 17.8 Å². The lowest BCUT2D eigenvalue weighted by molar-refractivity contribution is -0.126. The largest absolute Gasteiger partial charge is 0.491 e. The van der Waals surface area contributed by atoms with Crippen molar-refractivity contribution in [1.29, 1.82) is 0 Å². The van der Waals surface area contributed by atoms with Gasteiger partial charge in [-0.3, -0.25) is 9.69 Å². The number of benzene rings is 2. The number of carbonyl (C=O) groups excluding carboxylic acids is 1. The van der Waals surface area contributed by atoms with E-state index in [1.807, 2.05) is 50.2 Å². The normalized spacial score (nSPS) is 14.9. The average molecular weight is 477 g/mol. The molecule has 1 aliphatic heterocycles. The molecule has 2 heterocycles. The molecule has 0 aliphatic carbocycles. The monoisotopic (exact) mass is 476 g/mol. The van der Waals surface area contributed by atoms with Gasteiger partial charge in [0.25, 0.3) is 0 Å². The quantitative estimate of drug-likeness (QED) is 0.424. The number of piperidine rings is 1. The van der Waals surface area contributed by atoms with E-state index < -0.39 is 0 Å². The van der Waals surface area contributed by atoms with Crippen LogP contribution in [0, 0.1) is 12.8 Å². The first-order chi connectivity index (χ1) is 17.0. The van der Waals surface area contributed by atoms with Gasteiger partial charge in [0.2, 0.25) is 17.6 Å². The van der Waals surface area contributed by atoms with Crippen molar-refractivity contribution in [3.05, 3.63) is 65.5 Å². The van der Waals surface area contributed by atoms with E-state index in [1.165, 1.54) is 11.1 Å². The van der Waals surface area contributed by atoms with Gasteiger partial charge in [-0.25, -0.2) is 0 Å². The van der Waals surface area contributed by atoms with Gasteiger partial charge in [-0.05, 0) is 77.2 Å². The molecule has 1 amide bonds. The summed E-state index contributed by atoms with van der Waals surface area (Å²) in [6.07, 6.45) is 3.69. The van der Waals surface area contributed by atoms with Gasteiger partial charge in [0.15, 0.2) is 0 Å². The Balaban J connectivity index is 1.15. The summed E-state index contributed by atoms with van der Waals surface area (Å²) in [5.41, 5.74) is 3.39. The summed E-state index contributed by atoms with van der Waals surface area (Å²) in [4.78, 5) is 19.5. The van der Waals surface area contributed by atoms with Crippen LogP contribution in [-0.4, -0.2) is 46.7 Å². The summed E-state index contributed by atoms with van der Waals surface area (Å²) >= 11 is 0. The van der Waals surface area contributed by atoms with Gasteiger partial charge < -0.3 is 14.6 Å². The lowest BCUT2D eigenvalue weighted by Crippen LogP contribution is -2.40. The maximum atomic E-state index is 12.6. The van der Waals surface area contributed by atoms with Crippen LogP contribution in [0.25, 0.3) is 11.4 Å². The molecular weight excluding hydrogens is 440 g/mol. The van der Waals surface area contributed by atoms with Crippen LogP contribution in [0.15, 0.2) is 53.1 Å². The van der Waals surface area contributed by atoms with Crippen LogP contribution in [0.1, 0.15) is 50.1 Å². The number of nitrogens with zero attached hydrogens (tertiary/aromatic N) is 3. The molecule has 4 rings (SSSR count). The van der Waals surface area contributed by atoms with E-state index >= 15 is 0 Å². The van der Waals surface area contributed by atoms with Crippen molar-refractivity contribution < 1.29 is 14.1 Å². The number of hydrogen-bond donors (Lipinski definition) is 1. The van der Waals surface area contributed by atoms with Crippen LogP contribution in [0.3, 0.4) is 0 Å². The highest BCUT2D eigenvalue weighted by molar-refractivity contribution is 5.78. The molecule has 7 nitrogen and oxygen atoms in total. The van der Waals surface area contributed by atoms with Gasteiger partial charge in [-0.1, -0.05) is 47.1 Å². The highest BCUT2D eigenvalue weighted by Crippen LogP contribution is 2.21. The molecule has 0 radical (unpaired) electrons. The fourth-order valence-corrected chi connectivity index (χ4v) is 4.38. The number of aromatic nitrogens is 2. The fourth-order valence-electron chi connectivity index (χ4n) is 4.38. The van der Waals surface area contributed by atoms with E-state index in [0.29, 0.717) is 24.8 Å². The average Bonchev–Trinajstić information content (AvgIpc) is 3.31. The van der Waals surface area contributed by atoms with Crippen molar-refractivity contribution in [2.75, 3.05) is 19.6 Å². The predicted molar refractivity (Wildman–Crippen MR) is 136 cm³/mol. The Morgan fingerprint density at radius 1 is 1.17 bits per heavy atom. The first-order valence-electron chi connectivity index (χ1n) is 12.6. The van der Waals surface area contributed by atoms with Gasteiger partial charge in [-0.2, -0.15) is 4.98 Å². The molecule has 1 aliphatic rings. The van der Waals surface area contributed by atoms with E-state index in [-0.39, 0.29) is 17.9 Å². The van der Waals surface area contributed by atoms with Crippen molar-refractivity contribution in [1.82, 2.24) is 20.4 Å². The summed E-state index contributed by atoms with van der Waals surface area (Å²) in [6.45, 7) is 9.12. The number of hydrogen-bond acceptors (Lipinski definition) is 6. The summed E-state index contributed by atoms with van der Waals surface area (Å²) in [7, 11) is 0. The standard InChI is InChI=1S/C28H36N4O3/c1-20(2)34-25-8-4-6-22(18-25)7-5-15-29-28(33)24-13-16-32(17-14-24)19-26-30-27(31-35-26)23-11-9-21(3)10-12-23/h4,6,8-12,18,20,24H,5,7,13-17,19H2,1-3H3,(H,29,33). The molecular formula is C28H36N4O3. The van der Waals surface area contributed by atoms with Crippen molar-refractivity contribution in [3.63, 3.8) is 0 Å². The Morgan fingerprint density at radius 3 is 2.69 bits per heavy atom. The number of rotatable bonds is 10. The SMILES string of the molecule is Cc1ccc(-c2noc(CN3CCC(C(=O)NCCCc4cccc(OC(C)C)c4)CC3)n2)cc1. The lowest BCUT2D eigenvalue weighted by atomic mass is 9.96. The Bertz CT molecular complexity index is 1090. The summed E-state index contributed by atoms with van der Waals surface area (Å²) < 4.78 is 11.2.